The normalized spacial score (nSPS) is 14.5. The first-order valence-corrected chi connectivity index (χ1v) is 8.58. The third-order valence-corrected chi connectivity index (χ3v) is 4.32. The molecular weight excluding hydrogens is 332 g/mol. The SMILES string of the molecule is COc1cc(CN2CC(Oc3ccccc3C)C2)ccc1OCC(N)=O. The molecule has 1 aliphatic heterocycles. The topological polar surface area (TPSA) is 74.0 Å². The molecule has 26 heavy (non-hydrogen) atoms. The fourth-order valence-corrected chi connectivity index (χ4v) is 2.93. The Labute approximate surface area is 153 Å². The Balaban J connectivity index is 1.52. The van der Waals surface area contributed by atoms with E-state index in [1.807, 2.05) is 30.3 Å². The van der Waals surface area contributed by atoms with Crippen molar-refractivity contribution in [3.8, 4) is 17.2 Å². The molecule has 1 saturated heterocycles. The van der Waals surface area contributed by atoms with Crippen LogP contribution in [0.5, 0.6) is 17.2 Å². The summed E-state index contributed by atoms with van der Waals surface area (Å²) in [7, 11) is 1.58. The number of carbonyl (C=O) groups excluding carboxylic acids is 1. The molecule has 1 heterocycles. The summed E-state index contributed by atoms with van der Waals surface area (Å²) >= 11 is 0. The van der Waals surface area contributed by atoms with Crippen molar-refractivity contribution in [1.82, 2.24) is 4.90 Å². The van der Waals surface area contributed by atoms with E-state index in [4.69, 9.17) is 19.9 Å². The lowest BCUT2D eigenvalue weighted by Crippen LogP contribution is -2.53. The molecule has 1 aliphatic rings. The highest BCUT2D eigenvalue weighted by molar-refractivity contribution is 5.75. The van der Waals surface area contributed by atoms with Crippen LogP contribution in [0, 0.1) is 6.92 Å². The highest BCUT2D eigenvalue weighted by Crippen LogP contribution is 2.29. The Bertz CT molecular complexity index is 772. The molecule has 3 rings (SSSR count). The monoisotopic (exact) mass is 356 g/mol. The number of ether oxygens (including phenoxy) is 3. The first kappa shape index (κ1) is 18.1. The number of rotatable bonds is 8. The van der Waals surface area contributed by atoms with Crippen molar-refractivity contribution >= 4 is 5.91 Å². The largest absolute Gasteiger partial charge is 0.493 e. The summed E-state index contributed by atoms with van der Waals surface area (Å²) in [5, 5.41) is 0. The van der Waals surface area contributed by atoms with Crippen molar-refractivity contribution in [3.05, 3.63) is 53.6 Å². The Morgan fingerprint density at radius 3 is 2.62 bits per heavy atom. The first-order valence-electron chi connectivity index (χ1n) is 8.58. The minimum Gasteiger partial charge on any atom is -0.493 e. The number of para-hydroxylation sites is 1. The molecule has 0 unspecified atom stereocenters. The summed E-state index contributed by atoms with van der Waals surface area (Å²) in [4.78, 5) is 13.2. The van der Waals surface area contributed by atoms with E-state index in [0.717, 1.165) is 36.5 Å². The van der Waals surface area contributed by atoms with Gasteiger partial charge in [0, 0.05) is 19.6 Å². The molecule has 0 spiro atoms. The van der Waals surface area contributed by atoms with E-state index in [2.05, 4.69) is 17.9 Å². The van der Waals surface area contributed by atoms with Gasteiger partial charge in [0.05, 0.1) is 7.11 Å². The second kappa shape index (κ2) is 8.10. The first-order chi connectivity index (χ1) is 12.5. The fraction of sp³-hybridized carbons (Fsp3) is 0.350. The van der Waals surface area contributed by atoms with Gasteiger partial charge in [-0.3, -0.25) is 9.69 Å². The predicted molar refractivity (Wildman–Crippen MR) is 98.6 cm³/mol. The van der Waals surface area contributed by atoms with Gasteiger partial charge in [0.25, 0.3) is 5.91 Å². The highest BCUT2D eigenvalue weighted by Gasteiger charge is 2.28. The molecule has 2 aromatic carbocycles. The van der Waals surface area contributed by atoms with Crippen LogP contribution in [0.3, 0.4) is 0 Å². The Morgan fingerprint density at radius 2 is 1.92 bits per heavy atom. The van der Waals surface area contributed by atoms with Gasteiger partial charge in [-0.05, 0) is 36.2 Å². The van der Waals surface area contributed by atoms with Gasteiger partial charge in [-0.15, -0.1) is 0 Å². The molecule has 2 N–H and O–H groups in total. The predicted octanol–water partition coefficient (Wildman–Crippen LogP) is 2.13. The van der Waals surface area contributed by atoms with Crippen molar-refractivity contribution in [2.45, 2.75) is 19.6 Å². The Kier molecular flexibility index (Phi) is 5.63. The van der Waals surface area contributed by atoms with Crippen molar-refractivity contribution in [2.75, 3.05) is 26.8 Å². The van der Waals surface area contributed by atoms with Crippen LogP contribution in [0.4, 0.5) is 0 Å². The van der Waals surface area contributed by atoms with Crippen LogP contribution in [-0.4, -0.2) is 43.7 Å². The smallest absolute Gasteiger partial charge is 0.255 e. The third-order valence-electron chi connectivity index (χ3n) is 4.32. The molecule has 138 valence electrons. The maximum Gasteiger partial charge on any atom is 0.255 e. The van der Waals surface area contributed by atoms with E-state index in [9.17, 15) is 4.79 Å². The molecule has 0 saturated carbocycles. The summed E-state index contributed by atoms with van der Waals surface area (Å²) in [5.74, 6) is 1.54. The lowest BCUT2D eigenvalue weighted by Gasteiger charge is -2.39. The number of carbonyl (C=O) groups is 1. The van der Waals surface area contributed by atoms with Crippen LogP contribution >= 0.6 is 0 Å². The average molecular weight is 356 g/mol. The standard InChI is InChI=1S/C20H24N2O4/c1-14-5-3-4-6-17(14)26-16-11-22(12-16)10-15-7-8-18(19(9-15)24-2)25-13-20(21)23/h3-9,16H,10-13H2,1-2H3,(H2,21,23). The van der Waals surface area contributed by atoms with Gasteiger partial charge in [-0.2, -0.15) is 0 Å². The van der Waals surface area contributed by atoms with E-state index in [1.165, 1.54) is 0 Å². The van der Waals surface area contributed by atoms with Crippen LogP contribution in [0.15, 0.2) is 42.5 Å². The van der Waals surface area contributed by atoms with E-state index in [1.54, 1.807) is 13.2 Å². The van der Waals surface area contributed by atoms with Gasteiger partial charge in [0.1, 0.15) is 11.9 Å². The van der Waals surface area contributed by atoms with Crippen LogP contribution in [0.1, 0.15) is 11.1 Å². The lowest BCUT2D eigenvalue weighted by atomic mass is 10.1. The number of hydrogen-bond acceptors (Lipinski definition) is 5. The van der Waals surface area contributed by atoms with Gasteiger partial charge < -0.3 is 19.9 Å². The van der Waals surface area contributed by atoms with Crippen LogP contribution < -0.4 is 19.9 Å². The number of methoxy groups -OCH3 is 1. The number of aryl methyl sites for hydroxylation is 1. The molecule has 2 aromatic rings. The quantitative estimate of drug-likeness (QED) is 0.784. The average Bonchev–Trinajstić information content (AvgIpc) is 2.60. The van der Waals surface area contributed by atoms with E-state index in [0.29, 0.717) is 11.5 Å². The fourth-order valence-electron chi connectivity index (χ4n) is 2.93. The number of benzene rings is 2. The molecule has 6 heteroatoms. The maximum absolute atomic E-state index is 10.9. The number of nitrogens with two attached hydrogens (primary N) is 1. The highest BCUT2D eigenvalue weighted by atomic mass is 16.5. The van der Waals surface area contributed by atoms with E-state index in [-0.39, 0.29) is 12.7 Å². The van der Waals surface area contributed by atoms with Gasteiger partial charge in [0.15, 0.2) is 18.1 Å². The number of likely N-dealkylation sites (tertiary alicyclic amines) is 1. The van der Waals surface area contributed by atoms with Crippen molar-refractivity contribution in [1.29, 1.82) is 0 Å². The Morgan fingerprint density at radius 1 is 1.15 bits per heavy atom. The Hall–Kier alpha value is -2.73. The molecule has 0 aromatic heterocycles. The van der Waals surface area contributed by atoms with E-state index >= 15 is 0 Å². The third kappa shape index (κ3) is 4.46. The molecular formula is C20H24N2O4. The van der Waals surface area contributed by atoms with Crippen LogP contribution in [0.2, 0.25) is 0 Å². The van der Waals surface area contributed by atoms with Crippen molar-refractivity contribution in [2.24, 2.45) is 5.73 Å². The second-order valence-corrected chi connectivity index (χ2v) is 6.44. The van der Waals surface area contributed by atoms with Gasteiger partial charge >= 0.3 is 0 Å². The second-order valence-electron chi connectivity index (χ2n) is 6.44. The lowest BCUT2D eigenvalue weighted by molar-refractivity contribution is -0.119. The number of amides is 1. The summed E-state index contributed by atoms with van der Waals surface area (Å²) in [6.07, 6.45) is 0.219. The molecule has 0 bridgehead atoms. The summed E-state index contributed by atoms with van der Waals surface area (Å²) in [6.45, 7) is 4.47. The summed E-state index contributed by atoms with van der Waals surface area (Å²) < 4.78 is 16.7. The minimum atomic E-state index is -0.517. The van der Waals surface area contributed by atoms with E-state index < -0.39 is 5.91 Å². The zero-order valence-corrected chi connectivity index (χ0v) is 15.1. The zero-order chi connectivity index (χ0) is 18.5. The van der Waals surface area contributed by atoms with Crippen LogP contribution in [0.25, 0.3) is 0 Å². The van der Waals surface area contributed by atoms with Gasteiger partial charge in [-0.1, -0.05) is 24.3 Å². The van der Waals surface area contributed by atoms with Gasteiger partial charge in [-0.25, -0.2) is 0 Å². The molecule has 0 atom stereocenters. The van der Waals surface area contributed by atoms with Crippen molar-refractivity contribution < 1.29 is 19.0 Å². The molecule has 6 nitrogen and oxygen atoms in total. The van der Waals surface area contributed by atoms with Crippen molar-refractivity contribution in [3.63, 3.8) is 0 Å². The molecule has 0 radical (unpaired) electrons. The molecule has 1 fully saturated rings. The number of hydrogen-bond donors (Lipinski definition) is 1. The zero-order valence-electron chi connectivity index (χ0n) is 15.1. The van der Waals surface area contributed by atoms with Gasteiger partial charge in [0.2, 0.25) is 0 Å². The molecule has 1 amide bonds. The number of nitrogens with zero attached hydrogens (tertiary/aromatic N) is 1. The number of primary amides is 1. The minimum absolute atomic E-state index is 0.167. The maximum atomic E-state index is 10.9. The van der Waals surface area contributed by atoms with Crippen LogP contribution in [-0.2, 0) is 11.3 Å². The molecule has 0 aliphatic carbocycles. The summed E-state index contributed by atoms with van der Waals surface area (Å²) in [6, 6.07) is 13.8. The summed E-state index contributed by atoms with van der Waals surface area (Å²) in [5.41, 5.74) is 7.38.